The van der Waals surface area contributed by atoms with Crippen molar-refractivity contribution in [3.8, 4) is 0 Å². The Morgan fingerprint density at radius 2 is 0.760 bits per heavy atom. The van der Waals surface area contributed by atoms with Crippen molar-refractivity contribution < 1.29 is 19.8 Å². The van der Waals surface area contributed by atoms with Crippen molar-refractivity contribution >= 4 is 26.9 Å². The molecule has 0 heterocycles. The van der Waals surface area contributed by atoms with Crippen molar-refractivity contribution in [3.63, 3.8) is 0 Å². The van der Waals surface area contributed by atoms with E-state index in [0.29, 0.717) is 12.8 Å². The second-order valence-corrected chi connectivity index (χ2v) is 9.42. The number of hydrogen-bond donors (Lipinski definition) is 2. The van der Waals surface area contributed by atoms with E-state index in [-0.39, 0.29) is 0 Å². The summed E-state index contributed by atoms with van der Waals surface area (Å²) in [6.07, 6.45) is 17.4. The molecule has 0 aromatic heterocycles. The van der Waals surface area contributed by atoms with Gasteiger partial charge in [0.15, 0.2) is 0 Å². The molecule has 4 nitrogen and oxygen atoms in total. The van der Waals surface area contributed by atoms with Crippen LogP contribution in [0.25, 0.3) is 0 Å². The van der Waals surface area contributed by atoms with Crippen molar-refractivity contribution in [1.29, 1.82) is 0 Å². The second-order valence-electron chi connectivity index (χ2n) is 6.85. The minimum atomic E-state index is -0.669. The third kappa shape index (κ3) is 23.5. The number of carboxylic acid groups (broad SMARTS) is 2. The summed E-state index contributed by atoms with van der Waals surface area (Å²) in [5.74, 6) is -1.34. The number of carbonyl (C=O) groups is 2. The van der Waals surface area contributed by atoms with Gasteiger partial charge in [0.05, 0.1) is 0 Å². The Morgan fingerprint density at radius 1 is 0.480 bits per heavy atom. The molecule has 0 unspecified atom stereocenters. The molecule has 0 aliphatic heterocycles. The molecule has 25 heavy (non-hydrogen) atoms. The van der Waals surface area contributed by atoms with E-state index in [1.165, 1.54) is 74.8 Å². The van der Waals surface area contributed by atoms with E-state index in [4.69, 9.17) is 10.2 Å². The van der Waals surface area contributed by atoms with E-state index in [0.717, 1.165) is 40.6 Å². The van der Waals surface area contributed by atoms with Gasteiger partial charge >= 0.3 is 160 Å². The summed E-state index contributed by atoms with van der Waals surface area (Å²) in [5.41, 5.74) is 0. The van der Waals surface area contributed by atoms with Gasteiger partial charge in [-0.15, -0.1) is 0 Å². The van der Waals surface area contributed by atoms with Crippen LogP contribution in [0.15, 0.2) is 0 Å². The first kappa shape index (κ1) is 24.5. The number of unbranched alkanes of at least 4 members (excludes halogenated alkanes) is 12. The van der Waals surface area contributed by atoms with Crippen LogP contribution in [0.5, 0.6) is 0 Å². The Balaban J connectivity index is 3.00. The van der Waals surface area contributed by atoms with Crippen molar-refractivity contribution in [1.82, 2.24) is 0 Å². The summed E-state index contributed by atoms with van der Waals surface area (Å²) < 4.78 is 0. The summed E-state index contributed by atoms with van der Waals surface area (Å²) in [5, 5.41) is 19.9. The first-order valence-electron chi connectivity index (χ1n) is 10.1. The SMILES string of the molecule is O=C(O)CCCCCCCCC[Se]CCCCCCCCCC(=O)O. The molecule has 0 aliphatic carbocycles. The second kappa shape index (κ2) is 19.8. The molecule has 0 rings (SSSR count). The van der Waals surface area contributed by atoms with Crippen molar-refractivity contribution in [2.45, 2.75) is 113 Å². The third-order valence-electron chi connectivity index (χ3n) is 4.36. The van der Waals surface area contributed by atoms with Gasteiger partial charge in [0.2, 0.25) is 0 Å². The summed E-state index contributed by atoms with van der Waals surface area (Å²) in [7, 11) is 0. The van der Waals surface area contributed by atoms with Crippen molar-refractivity contribution in [2.24, 2.45) is 0 Å². The molecule has 0 radical (unpaired) electrons. The molecule has 148 valence electrons. The van der Waals surface area contributed by atoms with Gasteiger partial charge < -0.3 is 0 Å². The molecule has 5 heteroatoms. The van der Waals surface area contributed by atoms with Crippen molar-refractivity contribution in [2.75, 3.05) is 0 Å². The Labute approximate surface area is 160 Å². The quantitative estimate of drug-likeness (QED) is 0.188. The van der Waals surface area contributed by atoms with Crippen LogP contribution < -0.4 is 0 Å². The molecule has 0 saturated heterocycles. The molecule has 0 spiro atoms. The van der Waals surface area contributed by atoms with Gasteiger partial charge in [-0.05, 0) is 0 Å². The molecule has 2 N–H and O–H groups in total. The van der Waals surface area contributed by atoms with E-state index in [1.807, 2.05) is 0 Å². The van der Waals surface area contributed by atoms with E-state index in [2.05, 4.69) is 0 Å². The average Bonchev–Trinajstić information content (AvgIpc) is 2.56. The van der Waals surface area contributed by atoms with Crippen LogP contribution in [0.3, 0.4) is 0 Å². The van der Waals surface area contributed by atoms with Gasteiger partial charge in [0.25, 0.3) is 0 Å². The Morgan fingerprint density at radius 3 is 1.08 bits per heavy atom. The number of rotatable bonds is 20. The molecular weight excluding hydrogens is 383 g/mol. The zero-order valence-corrected chi connectivity index (χ0v) is 17.6. The minimum absolute atomic E-state index is 0.327. The van der Waals surface area contributed by atoms with Gasteiger partial charge in [-0.3, -0.25) is 0 Å². The van der Waals surface area contributed by atoms with E-state index < -0.39 is 11.9 Å². The van der Waals surface area contributed by atoms with Gasteiger partial charge in [0, 0.05) is 0 Å². The molecule has 0 bridgehead atoms. The maximum absolute atomic E-state index is 10.4. The summed E-state index contributed by atoms with van der Waals surface area (Å²) in [4.78, 5) is 20.8. The molecule has 0 saturated carbocycles. The first-order valence-corrected chi connectivity index (χ1v) is 12.6. The fourth-order valence-electron chi connectivity index (χ4n) is 2.83. The monoisotopic (exact) mass is 422 g/mol. The fourth-order valence-corrected chi connectivity index (χ4v) is 4.97. The molecule has 0 aliphatic rings. The van der Waals surface area contributed by atoms with Gasteiger partial charge in [0.1, 0.15) is 0 Å². The molecular formula is C20H38O4Se. The maximum atomic E-state index is 10.4. The molecule has 0 amide bonds. The number of aliphatic carboxylic acids is 2. The molecule has 0 aromatic carbocycles. The Bertz CT molecular complexity index is 291. The van der Waals surface area contributed by atoms with Crippen LogP contribution in [0, 0.1) is 0 Å². The predicted octanol–water partition coefficient (Wildman–Crippen LogP) is 5.94. The molecule has 0 aromatic rings. The van der Waals surface area contributed by atoms with E-state index in [9.17, 15) is 9.59 Å². The van der Waals surface area contributed by atoms with Gasteiger partial charge in [-0.2, -0.15) is 0 Å². The molecule has 0 fully saturated rings. The van der Waals surface area contributed by atoms with Crippen LogP contribution in [0.1, 0.15) is 103 Å². The summed E-state index contributed by atoms with van der Waals surface area (Å²) in [6, 6.07) is 0. The third-order valence-corrected chi connectivity index (χ3v) is 6.78. The summed E-state index contributed by atoms with van der Waals surface area (Å²) >= 11 is 0.822. The van der Waals surface area contributed by atoms with Gasteiger partial charge in [-0.25, -0.2) is 0 Å². The Hall–Kier alpha value is -0.541. The summed E-state index contributed by atoms with van der Waals surface area (Å²) in [6.45, 7) is 0. The zero-order valence-electron chi connectivity index (χ0n) is 15.8. The normalized spacial score (nSPS) is 10.9. The van der Waals surface area contributed by atoms with Gasteiger partial charge in [-0.1, -0.05) is 0 Å². The predicted molar refractivity (Wildman–Crippen MR) is 105 cm³/mol. The average molecular weight is 421 g/mol. The van der Waals surface area contributed by atoms with E-state index in [1.54, 1.807) is 0 Å². The number of carboxylic acids is 2. The van der Waals surface area contributed by atoms with Crippen LogP contribution in [-0.4, -0.2) is 37.1 Å². The van der Waals surface area contributed by atoms with Crippen LogP contribution in [0.2, 0.25) is 10.6 Å². The topological polar surface area (TPSA) is 74.6 Å². The number of hydrogen-bond acceptors (Lipinski definition) is 2. The van der Waals surface area contributed by atoms with Crippen LogP contribution in [0.4, 0.5) is 0 Å². The van der Waals surface area contributed by atoms with Crippen molar-refractivity contribution in [3.05, 3.63) is 0 Å². The van der Waals surface area contributed by atoms with Crippen LogP contribution >= 0.6 is 0 Å². The standard InChI is InChI=1S/C20H38O4Se/c21-19(22)15-11-7-3-1-5-9-13-17-25-18-14-10-6-2-4-8-12-16-20(23)24/h1-18H2,(H,21,22)(H,23,24). The molecule has 0 atom stereocenters. The van der Waals surface area contributed by atoms with Crippen LogP contribution in [-0.2, 0) is 9.59 Å². The zero-order chi connectivity index (χ0) is 18.6. The Kier molecular flexibility index (Phi) is 19.4. The fraction of sp³-hybridized carbons (Fsp3) is 0.900. The first-order chi connectivity index (χ1) is 12.1. The van der Waals surface area contributed by atoms with E-state index >= 15 is 0 Å².